The fraction of sp³-hybridized carbons (Fsp3) is 0.846. The molecule has 1 aliphatic heterocycles. The van der Waals surface area contributed by atoms with E-state index >= 15 is 0 Å². The van der Waals surface area contributed by atoms with E-state index < -0.39 is 23.6 Å². The molecule has 1 fully saturated rings. The van der Waals surface area contributed by atoms with Crippen molar-refractivity contribution < 1.29 is 33.3 Å². The van der Waals surface area contributed by atoms with Crippen molar-refractivity contribution in [2.45, 2.75) is 44.7 Å². The highest BCUT2D eigenvalue weighted by Crippen LogP contribution is 2.26. The van der Waals surface area contributed by atoms with Crippen molar-refractivity contribution >= 4 is 11.8 Å². The molecule has 0 amide bonds. The van der Waals surface area contributed by atoms with E-state index in [9.17, 15) is 9.59 Å². The Hall–Kier alpha value is -1.02. The van der Waals surface area contributed by atoms with Gasteiger partial charge in [0.1, 0.15) is 6.79 Å². The lowest BCUT2D eigenvalue weighted by atomic mass is 10.1. The molecule has 0 radical (unpaired) electrons. The van der Waals surface area contributed by atoms with Crippen LogP contribution >= 0.6 is 0 Å². The van der Waals surface area contributed by atoms with Gasteiger partial charge in [-0.3, -0.25) is 4.79 Å². The third-order valence-electron chi connectivity index (χ3n) is 2.84. The topological polar surface area (TPSA) is 80.3 Å². The van der Waals surface area contributed by atoms with Gasteiger partial charge in [0.25, 0.3) is 0 Å². The Morgan fingerprint density at radius 1 is 1.35 bits per heavy atom. The number of hydrogen-bond donors (Lipinski definition) is 0. The van der Waals surface area contributed by atoms with E-state index in [0.717, 1.165) is 0 Å². The largest absolute Gasteiger partial charge is 0.463 e. The smallest absolute Gasteiger partial charge is 0.374 e. The molecule has 0 aromatic carbocycles. The molecule has 0 unspecified atom stereocenters. The summed E-state index contributed by atoms with van der Waals surface area (Å²) in [6.45, 7) is 4.09. The first-order valence-electron chi connectivity index (χ1n) is 6.41. The lowest BCUT2D eigenvalue weighted by molar-refractivity contribution is -0.157. The molecule has 1 saturated heterocycles. The normalized spacial score (nSPS) is 22.5. The SMILES string of the molecule is COCO[C@H](CC(=O)C(=O)OC)C[C@H]1COC(C)(C)O1. The first-order chi connectivity index (χ1) is 9.38. The molecule has 1 aliphatic rings. The van der Waals surface area contributed by atoms with Crippen molar-refractivity contribution in [3.05, 3.63) is 0 Å². The molecule has 2 atom stereocenters. The summed E-state index contributed by atoms with van der Waals surface area (Å²) in [6, 6.07) is 0. The number of Topliss-reactive ketones (excluding diaryl/α,β-unsaturated/α-hetero) is 1. The van der Waals surface area contributed by atoms with Crippen LogP contribution in [0.15, 0.2) is 0 Å². The molecule has 0 aliphatic carbocycles. The fourth-order valence-corrected chi connectivity index (χ4v) is 1.95. The van der Waals surface area contributed by atoms with E-state index in [1.165, 1.54) is 14.2 Å². The van der Waals surface area contributed by atoms with Gasteiger partial charge in [0.05, 0.1) is 25.9 Å². The number of ether oxygens (including phenoxy) is 5. The third-order valence-corrected chi connectivity index (χ3v) is 2.84. The second-order valence-corrected chi connectivity index (χ2v) is 5.00. The van der Waals surface area contributed by atoms with Gasteiger partial charge in [-0.1, -0.05) is 0 Å². The molecule has 7 nitrogen and oxygen atoms in total. The zero-order valence-electron chi connectivity index (χ0n) is 12.3. The van der Waals surface area contributed by atoms with Gasteiger partial charge in [0.2, 0.25) is 5.78 Å². The van der Waals surface area contributed by atoms with Crippen LogP contribution in [-0.2, 0) is 33.3 Å². The molecule has 0 N–H and O–H groups in total. The average Bonchev–Trinajstić information content (AvgIpc) is 2.74. The monoisotopic (exact) mass is 290 g/mol. The highest BCUT2D eigenvalue weighted by molar-refractivity contribution is 6.33. The van der Waals surface area contributed by atoms with E-state index in [4.69, 9.17) is 18.9 Å². The van der Waals surface area contributed by atoms with Crippen LogP contribution in [-0.4, -0.2) is 57.4 Å². The Labute approximate surface area is 118 Å². The predicted molar refractivity (Wildman–Crippen MR) is 67.9 cm³/mol. The van der Waals surface area contributed by atoms with Crippen LogP contribution < -0.4 is 0 Å². The third kappa shape index (κ3) is 5.54. The number of hydrogen-bond acceptors (Lipinski definition) is 7. The minimum atomic E-state index is -0.875. The highest BCUT2D eigenvalue weighted by Gasteiger charge is 2.35. The molecule has 1 heterocycles. The molecule has 116 valence electrons. The van der Waals surface area contributed by atoms with Crippen molar-refractivity contribution in [2.75, 3.05) is 27.6 Å². The molecule has 0 aromatic heterocycles. The molecule has 0 spiro atoms. The maximum absolute atomic E-state index is 11.6. The van der Waals surface area contributed by atoms with Crippen LogP contribution in [0.5, 0.6) is 0 Å². The first-order valence-corrected chi connectivity index (χ1v) is 6.41. The first kappa shape index (κ1) is 17.0. The Kier molecular flexibility index (Phi) is 6.54. The second-order valence-electron chi connectivity index (χ2n) is 5.00. The van der Waals surface area contributed by atoms with E-state index in [-0.39, 0.29) is 19.3 Å². The van der Waals surface area contributed by atoms with Crippen LogP contribution in [0.3, 0.4) is 0 Å². The second kappa shape index (κ2) is 7.68. The van der Waals surface area contributed by atoms with Gasteiger partial charge in [-0.15, -0.1) is 0 Å². The van der Waals surface area contributed by atoms with Crippen LogP contribution in [0.2, 0.25) is 0 Å². The van der Waals surface area contributed by atoms with Gasteiger partial charge >= 0.3 is 5.97 Å². The van der Waals surface area contributed by atoms with Gasteiger partial charge in [0, 0.05) is 20.0 Å². The molecule has 0 bridgehead atoms. The molecule has 0 aromatic rings. The molecule has 1 rings (SSSR count). The summed E-state index contributed by atoms with van der Waals surface area (Å²) in [4.78, 5) is 22.7. The zero-order valence-corrected chi connectivity index (χ0v) is 12.3. The average molecular weight is 290 g/mol. The lowest BCUT2D eigenvalue weighted by Gasteiger charge is -2.21. The van der Waals surface area contributed by atoms with Crippen molar-refractivity contribution in [3.8, 4) is 0 Å². The number of rotatable bonds is 8. The minimum Gasteiger partial charge on any atom is -0.463 e. The summed E-state index contributed by atoms with van der Waals surface area (Å²) >= 11 is 0. The van der Waals surface area contributed by atoms with Gasteiger partial charge in [-0.2, -0.15) is 0 Å². The lowest BCUT2D eigenvalue weighted by Crippen LogP contribution is -2.30. The Morgan fingerprint density at radius 3 is 2.55 bits per heavy atom. The van der Waals surface area contributed by atoms with Crippen LogP contribution in [0.4, 0.5) is 0 Å². The molecule has 7 heteroatoms. The summed E-state index contributed by atoms with van der Waals surface area (Å²) in [7, 11) is 2.65. The van der Waals surface area contributed by atoms with Crippen molar-refractivity contribution in [1.82, 2.24) is 0 Å². The fourth-order valence-electron chi connectivity index (χ4n) is 1.95. The maximum atomic E-state index is 11.6. The van der Waals surface area contributed by atoms with Gasteiger partial charge in [0.15, 0.2) is 5.79 Å². The van der Waals surface area contributed by atoms with Crippen molar-refractivity contribution in [1.29, 1.82) is 0 Å². The van der Waals surface area contributed by atoms with Crippen LogP contribution in [0.25, 0.3) is 0 Å². The number of ketones is 1. The van der Waals surface area contributed by atoms with Gasteiger partial charge in [-0.25, -0.2) is 4.79 Å². The number of carbonyl (C=O) groups excluding carboxylic acids is 2. The minimum absolute atomic E-state index is 0.0378. The molecular formula is C13H22O7. The van der Waals surface area contributed by atoms with Gasteiger partial charge < -0.3 is 23.7 Å². The number of carbonyl (C=O) groups is 2. The summed E-state index contributed by atoms with van der Waals surface area (Å²) in [6.07, 6.45) is -0.299. The van der Waals surface area contributed by atoms with E-state index in [0.29, 0.717) is 13.0 Å². The number of esters is 1. The van der Waals surface area contributed by atoms with Crippen LogP contribution in [0, 0.1) is 0 Å². The van der Waals surface area contributed by atoms with E-state index in [2.05, 4.69) is 4.74 Å². The Balaban J connectivity index is 2.51. The summed E-state index contributed by atoms with van der Waals surface area (Å²) in [5, 5.41) is 0. The van der Waals surface area contributed by atoms with Crippen molar-refractivity contribution in [3.63, 3.8) is 0 Å². The van der Waals surface area contributed by atoms with E-state index in [1.54, 1.807) is 0 Å². The van der Waals surface area contributed by atoms with E-state index in [1.807, 2.05) is 13.8 Å². The Bertz CT molecular complexity index is 340. The molecule has 0 saturated carbocycles. The number of methoxy groups -OCH3 is 2. The standard InChI is InChI=1S/C13H22O7/c1-13(2)19-7-10(20-13)5-9(18-8-16-3)6-11(14)12(15)17-4/h9-10H,5-8H2,1-4H3/t9-,10-/m0/s1. The molecular weight excluding hydrogens is 268 g/mol. The predicted octanol–water partition coefficient (Wildman–Crippen LogP) is 0.649. The molecule has 20 heavy (non-hydrogen) atoms. The summed E-state index contributed by atoms with van der Waals surface area (Å²) < 4.78 is 25.7. The maximum Gasteiger partial charge on any atom is 0.374 e. The van der Waals surface area contributed by atoms with Crippen LogP contribution in [0.1, 0.15) is 26.7 Å². The zero-order chi connectivity index (χ0) is 15.2. The van der Waals surface area contributed by atoms with Crippen molar-refractivity contribution in [2.24, 2.45) is 0 Å². The Morgan fingerprint density at radius 2 is 2.05 bits per heavy atom. The quantitative estimate of drug-likeness (QED) is 0.369. The van der Waals surface area contributed by atoms with Gasteiger partial charge in [-0.05, 0) is 13.8 Å². The highest BCUT2D eigenvalue weighted by atomic mass is 16.7. The summed E-state index contributed by atoms with van der Waals surface area (Å²) in [5.74, 6) is -2.14. The summed E-state index contributed by atoms with van der Waals surface area (Å²) in [5.41, 5.74) is 0.